The van der Waals surface area contributed by atoms with E-state index in [0.29, 0.717) is 17.5 Å². The summed E-state index contributed by atoms with van der Waals surface area (Å²) in [5, 5.41) is 10.4. The molecule has 2 N–H and O–H groups in total. The van der Waals surface area contributed by atoms with E-state index in [2.05, 4.69) is 20.7 Å². The lowest BCUT2D eigenvalue weighted by molar-refractivity contribution is 0.458. The number of halogens is 1. The van der Waals surface area contributed by atoms with E-state index in [1.165, 1.54) is 6.07 Å². The first kappa shape index (κ1) is 11.0. The maximum Gasteiger partial charge on any atom is 0.243 e. The zero-order valence-corrected chi connectivity index (χ0v) is 10.0. The van der Waals surface area contributed by atoms with Crippen molar-refractivity contribution in [3.63, 3.8) is 0 Å². The monoisotopic (exact) mass is 247 g/mol. The van der Waals surface area contributed by atoms with Crippen LogP contribution in [0.15, 0.2) is 24.3 Å². The fourth-order valence-corrected chi connectivity index (χ4v) is 2.24. The van der Waals surface area contributed by atoms with Crippen LogP contribution in [0.5, 0.6) is 0 Å². The number of rotatable bonds is 2. The molecule has 0 spiro atoms. The van der Waals surface area contributed by atoms with E-state index >= 15 is 0 Å². The average molecular weight is 247 g/mol. The second-order valence-corrected chi connectivity index (χ2v) is 4.21. The van der Waals surface area contributed by atoms with E-state index in [1.54, 1.807) is 23.9 Å². The third-order valence-corrected chi connectivity index (χ3v) is 3.12. The number of nitrogens with one attached hydrogen (secondary N) is 2. The Bertz CT molecular complexity index is 565. The fraction of sp³-hybridized carbons (Fsp3) is 0.333. The molecule has 2 aromatic rings. The summed E-state index contributed by atoms with van der Waals surface area (Å²) in [7, 11) is 1.76. The van der Waals surface area contributed by atoms with Gasteiger partial charge in [-0.2, -0.15) is 4.98 Å². The van der Waals surface area contributed by atoms with Gasteiger partial charge >= 0.3 is 0 Å². The summed E-state index contributed by atoms with van der Waals surface area (Å²) in [4.78, 5) is 4.28. The van der Waals surface area contributed by atoms with Crippen molar-refractivity contribution in [1.82, 2.24) is 14.8 Å². The molecule has 5 nitrogen and oxygen atoms in total. The first-order chi connectivity index (χ1) is 8.79. The molecular formula is C12H14FN5. The quantitative estimate of drug-likeness (QED) is 0.850. The topological polar surface area (TPSA) is 54.8 Å². The molecule has 6 heteroatoms. The van der Waals surface area contributed by atoms with Crippen molar-refractivity contribution in [2.75, 3.05) is 24.2 Å². The number of hydrogen-bond donors (Lipinski definition) is 2. The number of nitrogens with zero attached hydrogens (tertiary/aromatic N) is 3. The predicted octanol–water partition coefficient (Wildman–Crippen LogP) is 1.86. The average Bonchev–Trinajstić information content (AvgIpc) is 2.82. The highest BCUT2D eigenvalue weighted by Crippen LogP contribution is 2.30. The van der Waals surface area contributed by atoms with Crippen LogP contribution in [-0.2, 0) is 0 Å². The van der Waals surface area contributed by atoms with Crippen LogP contribution in [0, 0.1) is 5.82 Å². The molecule has 94 valence electrons. The second kappa shape index (κ2) is 4.29. The van der Waals surface area contributed by atoms with Crippen LogP contribution in [-0.4, -0.2) is 28.4 Å². The van der Waals surface area contributed by atoms with Crippen LogP contribution in [0.3, 0.4) is 0 Å². The van der Waals surface area contributed by atoms with Crippen molar-refractivity contribution in [1.29, 1.82) is 0 Å². The molecule has 2 heterocycles. The molecule has 1 atom stereocenters. The number of benzene rings is 1. The lowest BCUT2D eigenvalue weighted by atomic mass is 10.0. The Hall–Kier alpha value is -2.11. The minimum Gasteiger partial charge on any atom is -0.356 e. The zero-order valence-electron chi connectivity index (χ0n) is 10.0. The highest BCUT2D eigenvalue weighted by atomic mass is 19.1. The van der Waals surface area contributed by atoms with Gasteiger partial charge in [0.15, 0.2) is 0 Å². The van der Waals surface area contributed by atoms with Gasteiger partial charge in [0.25, 0.3) is 0 Å². The van der Waals surface area contributed by atoms with Crippen molar-refractivity contribution in [2.45, 2.75) is 12.5 Å². The Kier molecular flexibility index (Phi) is 2.62. The van der Waals surface area contributed by atoms with E-state index < -0.39 is 0 Å². The highest BCUT2D eigenvalue weighted by molar-refractivity contribution is 5.39. The number of hydrogen-bond acceptors (Lipinski definition) is 4. The van der Waals surface area contributed by atoms with Gasteiger partial charge in [0.2, 0.25) is 11.9 Å². The fourth-order valence-electron chi connectivity index (χ4n) is 2.24. The standard InChI is InChI=1S/C12H14FN5/c1-14-11-16-12-15-7-6-10(18(12)17-11)8-4-2-3-5-9(8)13/h2-5,10H,6-7H2,1H3,(H2,14,15,16,17). The molecular weight excluding hydrogens is 233 g/mol. The van der Waals surface area contributed by atoms with E-state index in [4.69, 9.17) is 0 Å². The smallest absolute Gasteiger partial charge is 0.243 e. The maximum absolute atomic E-state index is 13.9. The van der Waals surface area contributed by atoms with Gasteiger partial charge in [-0.1, -0.05) is 18.2 Å². The van der Waals surface area contributed by atoms with Crippen molar-refractivity contribution in [3.05, 3.63) is 35.6 Å². The molecule has 0 fully saturated rings. The van der Waals surface area contributed by atoms with E-state index in [-0.39, 0.29) is 11.9 Å². The van der Waals surface area contributed by atoms with Gasteiger partial charge in [-0.05, 0) is 12.5 Å². The Balaban J connectivity index is 2.06. The molecule has 0 saturated carbocycles. The molecule has 0 aliphatic carbocycles. The SMILES string of the molecule is CNc1nc2n(n1)C(c1ccccc1F)CCN2. The van der Waals surface area contributed by atoms with Crippen molar-refractivity contribution in [3.8, 4) is 0 Å². The Labute approximate surface area is 104 Å². The van der Waals surface area contributed by atoms with Crippen molar-refractivity contribution < 1.29 is 4.39 Å². The number of aromatic nitrogens is 3. The maximum atomic E-state index is 13.9. The lowest BCUT2D eigenvalue weighted by Gasteiger charge is -2.24. The molecule has 1 aliphatic heterocycles. The van der Waals surface area contributed by atoms with Gasteiger partial charge in [0, 0.05) is 19.2 Å². The molecule has 0 bridgehead atoms. The summed E-state index contributed by atoms with van der Waals surface area (Å²) in [6.45, 7) is 0.765. The van der Waals surface area contributed by atoms with Gasteiger partial charge in [0.1, 0.15) is 5.82 Å². The summed E-state index contributed by atoms with van der Waals surface area (Å²) in [6, 6.07) is 6.72. The first-order valence-corrected chi connectivity index (χ1v) is 5.92. The van der Waals surface area contributed by atoms with Gasteiger partial charge < -0.3 is 10.6 Å². The number of fused-ring (bicyclic) bond motifs is 1. The lowest BCUT2D eigenvalue weighted by Crippen LogP contribution is -2.25. The van der Waals surface area contributed by atoms with Crippen molar-refractivity contribution >= 4 is 11.9 Å². The summed E-state index contributed by atoms with van der Waals surface area (Å²) in [5.74, 6) is 1.02. The van der Waals surface area contributed by atoms with Gasteiger partial charge in [-0.15, -0.1) is 5.10 Å². The van der Waals surface area contributed by atoms with Crippen LogP contribution < -0.4 is 10.6 Å². The van der Waals surface area contributed by atoms with E-state index in [1.807, 2.05) is 6.07 Å². The summed E-state index contributed by atoms with van der Waals surface area (Å²) in [5.41, 5.74) is 0.660. The molecule has 18 heavy (non-hydrogen) atoms. The van der Waals surface area contributed by atoms with E-state index in [0.717, 1.165) is 13.0 Å². The van der Waals surface area contributed by atoms with Gasteiger partial charge in [-0.3, -0.25) is 0 Å². The van der Waals surface area contributed by atoms with Crippen molar-refractivity contribution in [2.24, 2.45) is 0 Å². The van der Waals surface area contributed by atoms with Gasteiger partial charge in [-0.25, -0.2) is 9.07 Å². The third kappa shape index (κ3) is 1.70. The van der Waals surface area contributed by atoms with Crippen LogP contribution in [0.25, 0.3) is 0 Å². The minimum absolute atomic E-state index is 0.1000. The molecule has 1 unspecified atom stereocenters. The zero-order chi connectivity index (χ0) is 12.5. The molecule has 1 aromatic carbocycles. The summed E-state index contributed by atoms with van der Waals surface area (Å²) >= 11 is 0. The van der Waals surface area contributed by atoms with Gasteiger partial charge in [0.05, 0.1) is 6.04 Å². The Morgan fingerprint density at radius 1 is 1.44 bits per heavy atom. The summed E-state index contributed by atoms with van der Waals surface area (Å²) in [6.07, 6.45) is 0.792. The Morgan fingerprint density at radius 2 is 2.28 bits per heavy atom. The van der Waals surface area contributed by atoms with E-state index in [9.17, 15) is 4.39 Å². The second-order valence-electron chi connectivity index (χ2n) is 4.21. The third-order valence-electron chi connectivity index (χ3n) is 3.12. The number of anilines is 2. The molecule has 1 aromatic heterocycles. The van der Waals surface area contributed by atoms with Crippen LogP contribution in [0.4, 0.5) is 16.3 Å². The Morgan fingerprint density at radius 3 is 3.06 bits per heavy atom. The first-order valence-electron chi connectivity index (χ1n) is 5.92. The van der Waals surface area contributed by atoms with Crippen LogP contribution >= 0.6 is 0 Å². The predicted molar refractivity (Wildman–Crippen MR) is 67.2 cm³/mol. The van der Waals surface area contributed by atoms with Crippen LogP contribution in [0.2, 0.25) is 0 Å². The molecule has 0 amide bonds. The normalized spacial score (nSPS) is 18.0. The molecule has 0 radical (unpaired) electrons. The van der Waals surface area contributed by atoms with Crippen LogP contribution in [0.1, 0.15) is 18.0 Å². The highest BCUT2D eigenvalue weighted by Gasteiger charge is 2.26. The minimum atomic E-state index is -0.197. The summed E-state index contributed by atoms with van der Waals surface area (Å²) < 4.78 is 15.6. The molecule has 3 rings (SSSR count). The molecule has 0 saturated heterocycles. The molecule has 1 aliphatic rings. The largest absolute Gasteiger partial charge is 0.356 e.